The van der Waals surface area contributed by atoms with Gasteiger partial charge in [-0.05, 0) is 30.7 Å². The first-order valence-electron chi connectivity index (χ1n) is 9.41. The normalized spacial score (nSPS) is 14.1. The largest absolute Gasteiger partial charge is 0.494 e. The fraction of sp³-hybridized carbons (Fsp3) is 0.400. The fourth-order valence-corrected chi connectivity index (χ4v) is 3.61. The van der Waals surface area contributed by atoms with E-state index in [2.05, 4.69) is 22.1 Å². The molecule has 0 atom stereocenters. The molecule has 8 heteroatoms. The van der Waals surface area contributed by atoms with Crippen LogP contribution in [0.4, 0.5) is 16.2 Å². The van der Waals surface area contributed by atoms with Gasteiger partial charge in [0.15, 0.2) is 0 Å². The fourth-order valence-electron chi connectivity index (χ4n) is 3.01. The molecule has 0 unspecified atom stereocenters. The van der Waals surface area contributed by atoms with E-state index >= 15 is 0 Å². The number of amides is 2. The van der Waals surface area contributed by atoms with Crippen molar-refractivity contribution in [2.24, 2.45) is 0 Å². The summed E-state index contributed by atoms with van der Waals surface area (Å²) >= 11 is 12.5. The van der Waals surface area contributed by atoms with E-state index in [1.165, 1.54) is 0 Å². The number of ether oxygens (including phenoxy) is 1. The van der Waals surface area contributed by atoms with Crippen molar-refractivity contribution in [1.82, 2.24) is 9.88 Å². The van der Waals surface area contributed by atoms with E-state index in [4.69, 9.17) is 27.9 Å². The molecule has 6 nitrogen and oxygen atoms in total. The Balaban J connectivity index is 1.51. The van der Waals surface area contributed by atoms with Gasteiger partial charge in [0.25, 0.3) is 0 Å². The maximum Gasteiger partial charge on any atom is 0.321 e. The molecule has 0 radical (unpaired) electrons. The highest BCUT2D eigenvalue weighted by atomic mass is 35.5. The third-order valence-electron chi connectivity index (χ3n) is 4.58. The van der Waals surface area contributed by atoms with Crippen molar-refractivity contribution in [2.75, 3.05) is 43.0 Å². The molecule has 28 heavy (non-hydrogen) atoms. The predicted molar refractivity (Wildman–Crippen MR) is 114 cm³/mol. The molecule has 0 bridgehead atoms. The highest BCUT2D eigenvalue weighted by molar-refractivity contribution is 6.38. The number of rotatable bonds is 6. The number of halogens is 2. The number of piperazine rings is 1. The lowest BCUT2D eigenvalue weighted by Gasteiger charge is -2.36. The maximum atomic E-state index is 12.5. The lowest BCUT2D eigenvalue weighted by Crippen LogP contribution is -2.50. The van der Waals surface area contributed by atoms with Gasteiger partial charge in [0.2, 0.25) is 0 Å². The minimum atomic E-state index is -0.119. The molecule has 2 heterocycles. The van der Waals surface area contributed by atoms with Gasteiger partial charge in [0, 0.05) is 44.3 Å². The second-order valence-electron chi connectivity index (χ2n) is 6.58. The predicted octanol–water partition coefficient (Wildman–Crippen LogP) is 4.92. The first-order valence-corrected chi connectivity index (χ1v) is 10.2. The number of hydrogen-bond acceptors (Lipinski definition) is 4. The van der Waals surface area contributed by atoms with Crippen LogP contribution in [0.3, 0.4) is 0 Å². The van der Waals surface area contributed by atoms with Crippen LogP contribution in [0.25, 0.3) is 0 Å². The zero-order valence-electron chi connectivity index (χ0n) is 15.8. The number of unbranched alkanes of at least 4 members (excludes halogenated alkanes) is 1. The van der Waals surface area contributed by atoms with E-state index in [0.717, 1.165) is 30.0 Å². The topological polar surface area (TPSA) is 57.7 Å². The molecule has 0 saturated carbocycles. The van der Waals surface area contributed by atoms with Crippen molar-refractivity contribution >= 4 is 40.6 Å². The van der Waals surface area contributed by atoms with Crippen molar-refractivity contribution in [2.45, 2.75) is 19.8 Å². The lowest BCUT2D eigenvalue weighted by molar-refractivity contribution is 0.208. The number of urea groups is 1. The number of aromatic nitrogens is 1. The van der Waals surface area contributed by atoms with Crippen LogP contribution in [-0.4, -0.2) is 48.7 Å². The number of nitrogens with one attached hydrogen (secondary N) is 1. The molecule has 2 aromatic rings. The summed E-state index contributed by atoms with van der Waals surface area (Å²) in [5.74, 6) is 0.811. The van der Waals surface area contributed by atoms with E-state index in [-0.39, 0.29) is 6.03 Å². The maximum absolute atomic E-state index is 12.5. The molecule has 0 aliphatic carbocycles. The molecule has 1 fully saturated rings. The Hall–Kier alpha value is -2.18. The van der Waals surface area contributed by atoms with Crippen molar-refractivity contribution in [3.63, 3.8) is 0 Å². The van der Waals surface area contributed by atoms with Crippen LogP contribution >= 0.6 is 23.2 Å². The molecule has 3 rings (SSSR count). The molecule has 1 aliphatic heterocycles. The summed E-state index contributed by atoms with van der Waals surface area (Å²) in [6.45, 7) is 5.31. The molecule has 2 amide bonds. The van der Waals surface area contributed by atoms with Crippen LogP contribution in [0, 0.1) is 0 Å². The Labute approximate surface area is 175 Å². The second kappa shape index (κ2) is 9.85. The summed E-state index contributed by atoms with van der Waals surface area (Å²) in [6.07, 6.45) is 5.29. The van der Waals surface area contributed by atoms with Crippen LogP contribution in [0.2, 0.25) is 10.0 Å². The van der Waals surface area contributed by atoms with E-state index in [1.807, 2.05) is 24.3 Å². The second-order valence-corrected chi connectivity index (χ2v) is 7.40. The number of carbonyl (C=O) groups excluding carboxylic acids is 1. The van der Waals surface area contributed by atoms with Gasteiger partial charge in [-0.1, -0.05) is 36.5 Å². The van der Waals surface area contributed by atoms with Crippen LogP contribution in [0.1, 0.15) is 19.8 Å². The van der Waals surface area contributed by atoms with Crippen LogP contribution in [-0.2, 0) is 0 Å². The summed E-state index contributed by atoms with van der Waals surface area (Å²) in [4.78, 5) is 20.4. The zero-order valence-corrected chi connectivity index (χ0v) is 17.3. The minimum Gasteiger partial charge on any atom is -0.494 e. The highest BCUT2D eigenvalue weighted by Gasteiger charge is 2.24. The number of pyridine rings is 1. The molecule has 1 N–H and O–H groups in total. The molecule has 1 saturated heterocycles. The van der Waals surface area contributed by atoms with E-state index in [9.17, 15) is 4.79 Å². The van der Waals surface area contributed by atoms with Gasteiger partial charge in [-0.2, -0.15) is 0 Å². The summed E-state index contributed by atoms with van der Waals surface area (Å²) in [7, 11) is 0. The summed E-state index contributed by atoms with van der Waals surface area (Å²) in [5, 5.41) is 3.97. The van der Waals surface area contributed by atoms with Gasteiger partial charge < -0.3 is 19.9 Å². The summed E-state index contributed by atoms with van der Waals surface area (Å²) in [6, 6.07) is 7.33. The Morgan fingerprint density at radius 1 is 1.11 bits per heavy atom. The number of benzene rings is 1. The quantitative estimate of drug-likeness (QED) is 0.670. The molecule has 1 aromatic carbocycles. The molecular formula is C20H24Cl2N4O2. The molecular weight excluding hydrogens is 399 g/mol. The molecule has 1 aromatic heterocycles. The Bertz CT molecular complexity index is 773. The average molecular weight is 423 g/mol. The van der Waals surface area contributed by atoms with Gasteiger partial charge in [-0.15, -0.1) is 0 Å². The van der Waals surface area contributed by atoms with Crippen LogP contribution in [0.5, 0.6) is 5.75 Å². The van der Waals surface area contributed by atoms with Crippen LogP contribution < -0.4 is 15.0 Å². The number of anilines is 2. The first-order chi connectivity index (χ1) is 13.6. The monoisotopic (exact) mass is 422 g/mol. The Morgan fingerprint density at radius 3 is 2.36 bits per heavy atom. The third-order valence-corrected chi connectivity index (χ3v) is 5.14. The summed E-state index contributed by atoms with van der Waals surface area (Å²) < 4.78 is 5.64. The number of carbonyl (C=O) groups is 1. The molecule has 0 spiro atoms. The van der Waals surface area contributed by atoms with Crippen molar-refractivity contribution < 1.29 is 9.53 Å². The molecule has 150 valence electrons. The van der Waals surface area contributed by atoms with Gasteiger partial charge in [0.05, 0.1) is 22.3 Å². The van der Waals surface area contributed by atoms with Crippen molar-refractivity contribution in [3.8, 4) is 5.75 Å². The standard InChI is InChI=1S/C20H24Cl2N4O2/c1-2-3-12-28-16-6-4-15(5-7-16)24-20(27)26-10-8-25(9-11-26)19-17(21)13-23-14-18(19)22/h4-7,13-14H,2-3,8-12H2,1H3,(H,24,27). The third kappa shape index (κ3) is 5.20. The summed E-state index contributed by atoms with van der Waals surface area (Å²) in [5.41, 5.74) is 1.52. The van der Waals surface area contributed by atoms with E-state index in [0.29, 0.717) is 42.8 Å². The number of hydrogen-bond donors (Lipinski definition) is 1. The van der Waals surface area contributed by atoms with Gasteiger partial charge >= 0.3 is 6.03 Å². The smallest absolute Gasteiger partial charge is 0.321 e. The Morgan fingerprint density at radius 2 is 1.75 bits per heavy atom. The van der Waals surface area contributed by atoms with Crippen molar-refractivity contribution in [3.05, 3.63) is 46.7 Å². The van der Waals surface area contributed by atoms with Gasteiger partial charge in [-0.3, -0.25) is 4.98 Å². The minimum absolute atomic E-state index is 0.119. The highest BCUT2D eigenvalue weighted by Crippen LogP contribution is 2.33. The van der Waals surface area contributed by atoms with Gasteiger partial charge in [0.1, 0.15) is 5.75 Å². The average Bonchev–Trinajstić information content (AvgIpc) is 2.70. The lowest BCUT2D eigenvalue weighted by atomic mass is 10.2. The van der Waals surface area contributed by atoms with Crippen molar-refractivity contribution in [1.29, 1.82) is 0 Å². The molecule has 1 aliphatic rings. The van der Waals surface area contributed by atoms with Gasteiger partial charge in [-0.25, -0.2) is 4.79 Å². The Kier molecular flexibility index (Phi) is 7.23. The van der Waals surface area contributed by atoms with E-state index in [1.54, 1.807) is 17.3 Å². The van der Waals surface area contributed by atoms with Crippen LogP contribution in [0.15, 0.2) is 36.7 Å². The number of nitrogens with zero attached hydrogens (tertiary/aromatic N) is 3. The zero-order chi connectivity index (χ0) is 19.9. The SMILES string of the molecule is CCCCOc1ccc(NC(=O)N2CCN(c3c(Cl)cncc3Cl)CC2)cc1. The van der Waals surface area contributed by atoms with E-state index < -0.39 is 0 Å². The first kappa shape index (κ1) is 20.6.